The van der Waals surface area contributed by atoms with Crippen molar-refractivity contribution in [2.45, 2.75) is 44.8 Å². The predicted molar refractivity (Wildman–Crippen MR) is 41.9 cm³/mol. The van der Waals surface area contributed by atoms with Gasteiger partial charge in [0.25, 0.3) is 0 Å². The Labute approximate surface area is 62.7 Å². The molecule has 1 saturated heterocycles. The maximum atomic E-state index is 5.64. The minimum absolute atomic E-state index is 0.295. The van der Waals surface area contributed by atoms with Gasteiger partial charge < -0.3 is 10.5 Å². The maximum absolute atomic E-state index is 5.64. The van der Waals surface area contributed by atoms with Crippen LogP contribution in [-0.4, -0.2) is 18.8 Å². The fraction of sp³-hybridized carbons (Fsp3) is 1.00. The summed E-state index contributed by atoms with van der Waals surface area (Å²) < 4.78 is 5.51. The molecule has 0 bridgehead atoms. The van der Waals surface area contributed by atoms with Crippen molar-refractivity contribution < 1.29 is 4.74 Å². The van der Waals surface area contributed by atoms with Crippen LogP contribution in [0.5, 0.6) is 0 Å². The SMILES string of the molecule is C[C@@H](N)CC1CCCCO1. The Bertz CT molecular complexity index is 87.3. The van der Waals surface area contributed by atoms with Crippen LogP contribution in [-0.2, 0) is 4.74 Å². The summed E-state index contributed by atoms with van der Waals surface area (Å²) in [5.41, 5.74) is 5.64. The van der Waals surface area contributed by atoms with Crippen LogP contribution in [0.4, 0.5) is 0 Å². The Kier molecular flexibility index (Phi) is 3.16. The molecule has 1 fully saturated rings. The Morgan fingerprint density at radius 2 is 2.40 bits per heavy atom. The minimum Gasteiger partial charge on any atom is -0.378 e. The summed E-state index contributed by atoms with van der Waals surface area (Å²) in [5, 5.41) is 0. The summed E-state index contributed by atoms with van der Waals surface area (Å²) in [6, 6.07) is 0.295. The van der Waals surface area contributed by atoms with Gasteiger partial charge in [-0.3, -0.25) is 0 Å². The van der Waals surface area contributed by atoms with Crippen molar-refractivity contribution in [3.63, 3.8) is 0 Å². The lowest BCUT2D eigenvalue weighted by Crippen LogP contribution is -2.27. The minimum atomic E-state index is 0.295. The van der Waals surface area contributed by atoms with E-state index in [0.29, 0.717) is 12.1 Å². The van der Waals surface area contributed by atoms with E-state index in [1.165, 1.54) is 19.3 Å². The van der Waals surface area contributed by atoms with E-state index in [2.05, 4.69) is 0 Å². The highest BCUT2D eigenvalue weighted by atomic mass is 16.5. The van der Waals surface area contributed by atoms with Crippen LogP contribution in [0.15, 0.2) is 0 Å². The first-order valence-electron chi connectivity index (χ1n) is 4.16. The van der Waals surface area contributed by atoms with Crippen LogP contribution in [0.2, 0.25) is 0 Å². The molecule has 1 unspecified atom stereocenters. The zero-order valence-electron chi connectivity index (χ0n) is 6.68. The van der Waals surface area contributed by atoms with Crippen molar-refractivity contribution in [1.29, 1.82) is 0 Å². The number of ether oxygens (including phenoxy) is 1. The zero-order valence-corrected chi connectivity index (χ0v) is 6.68. The first kappa shape index (κ1) is 8.02. The largest absolute Gasteiger partial charge is 0.378 e. The number of hydrogen-bond donors (Lipinski definition) is 1. The summed E-state index contributed by atoms with van der Waals surface area (Å²) in [6.07, 6.45) is 5.24. The Morgan fingerprint density at radius 3 is 2.90 bits per heavy atom. The molecular weight excluding hydrogens is 126 g/mol. The molecule has 0 aromatic carbocycles. The van der Waals surface area contributed by atoms with Crippen molar-refractivity contribution in [3.05, 3.63) is 0 Å². The molecule has 2 heteroatoms. The predicted octanol–water partition coefficient (Wildman–Crippen LogP) is 1.29. The lowest BCUT2D eigenvalue weighted by molar-refractivity contribution is 0.00837. The summed E-state index contributed by atoms with van der Waals surface area (Å²) in [4.78, 5) is 0. The maximum Gasteiger partial charge on any atom is 0.0589 e. The molecule has 0 aromatic rings. The standard InChI is InChI=1S/C8H17NO/c1-7(9)6-8-4-2-3-5-10-8/h7-8H,2-6,9H2,1H3/t7-,8?/m1/s1. The molecule has 2 atom stereocenters. The van der Waals surface area contributed by atoms with Gasteiger partial charge in [-0.05, 0) is 32.6 Å². The molecular formula is C8H17NO. The van der Waals surface area contributed by atoms with Gasteiger partial charge in [0, 0.05) is 12.6 Å². The topological polar surface area (TPSA) is 35.2 Å². The van der Waals surface area contributed by atoms with Crippen LogP contribution < -0.4 is 5.73 Å². The average molecular weight is 143 g/mol. The monoisotopic (exact) mass is 143 g/mol. The van der Waals surface area contributed by atoms with Crippen LogP contribution in [0.3, 0.4) is 0 Å². The summed E-state index contributed by atoms with van der Waals surface area (Å²) in [6.45, 7) is 2.98. The van der Waals surface area contributed by atoms with E-state index in [1.54, 1.807) is 0 Å². The number of nitrogens with two attached hydrogens (primary N) is 1. The highest BCUT2D eigenvalue weighted by molar-refractivity contribution is 4.67. The second-order valence-corrected chi connectivity index (χ2v) is 3.20. The van der Waals surface area contributed by atoms with Crippen molar-refractivity contribution >= 4 is 0 Å². The zero-order chi connectivity index (χ0) is 7.40. The lowest BCUT2D eigenvalue weighted by atomic mass is 10.0. The third-order valence-electron chi connectivity index (χ3n) is 1.91. The first-order chi connectivity index (χ1) is 4.79. The van der Waals surface area contributed by atoms with Crippen LogP contribution >= 0.6 is 0 Å². The van der Waals surface area contributed by atoms with E-state index >= 15 is 0 Å². The highest BCUT2D eigenvalue weighted by Crippen LogP contribution is 2.15. The van der Waals surface area contributed by atoms with Gasteiger partial charge in [-0.1, -0.05) is 0 Å². The van der Waals surface area contributed by atoms with Crippen LogP contribution in [0.1, 0.15) is 32.6 Å². The van der Waals surface area contributed by atoms with Gasteiger partial charge in [0.2, 0.25) is 0 Å². The van der Waals surface area contributed by atoms with E-state index in [1.807, 2.05) is 6.92 Å². The van der Waals surface area contributed by atoms with E-state index in [-0.39, 0.29) is 0 Å². The third kappa shape index (κ3) is 2.67. The van der Waals surface area contributed by atoms with Crippen molar-refractivity contribution in [2.24, 2.45) is 5.73 Å². The Hall–Kier alpha value is -0.0800. The van der Waals surface area contributed by atoms with Gasteiger partial charge in [0.15, 0.2) is 0 Å². The Balaban J connectivity index is 2.13. The molecule has 10 heavy (non-hydrogen) atoms. The van der Waals surface area contributed by atoms with Gasteiger partial charge in [0.05, 0.1) is 6.10 Å². The summed E-state index contributed by atoms with van der Waals surface area (Å²) >= 11 is 0. The smallest absolute Gasteiger partial charge is 0.0589 e. The lowest BCUT2D eigenvalue weighted by Gasteiger charge is -2.23. The van der Waals surface area contributed by atoms with Gasteiger partial charge in [0.1, 0.15) is 0 Å². The second kappa shape index (κ2) is 3.94. The highest BCUT2D eigenvalue weighted by Gasteiger charge is 2.14. The van der Waals surface area contributed by atoms with Gasteiger partial charge in [-0.25, -0.2) is 0 Å². The average Bonchev–Trinajstić information content (AvgIpc) is 1.88. The summed E-state index contributed by atoms with van der Waals surface area (Å²) in [7, 11) is 0. The fourth-order valence-corrected chi connectivity index (χ4v) is 1.41. The molecule has 2 N–H and O–H groups in total. The number of hydrogen-bond acceptors (Lipinski definition) is 2. The molecule has 1 aliphatic heterocycles. The van der Waals surface area contributed by atoms with E-state index in [0.717, 1.165) is 13.0 Å². The van der Waals surface area contributed by atoms with Gasteiger partial charge in [-0.2, -0.15) is 0 Å². The molecule has 0 amide bonds. The van der Waals surface area contributed by atoms with Crippen molar-refractivity contribution in [1.82, 2.24) is 0 Å². The fourth-order valence-electron chi connectivity index (χ4n) is 1.41. The number of rotatable bonds is 2. The van der Waals surface area contributed by atoms with Crippen LogP contribution in [0, 0.1) is 0 Å². The van der Waals surface area contributed by atoms with E-state index < -0.39 is 0 Å². The quantitative estimate of drug-likeness (QED) is 0.632. The van der Waals surface area contributed by atoms with Crippen molar-refractivity contribution in [3.8, 4) is 0 Å². The Morgan fingerprint density at radius 1 is 1.60 bits per heavy atom. The molecule has 1 rings (SSSR count). The molecule has 0 spiro atoms. The van der Waals surface area contributed by atoms with Crippen molar-refractivity contribution in [2.75, 3.05) is 6.61 Å². The molecule has 0 radical (unpaired) electrons. The summed E-state index contributed by atoms with van der Waals surface area (Å²) in [5.74, 6) is 0. The molecule has 0 aromatic heterocycles. The third-order valence-corrected chi connectivity index (χ3v) is 1.91. The molecule has 0 aliphatic carbocycles. The molecule has 2 nitrogen and oxygen atoms in total. The van der Waals surface area contributed by atoms with Gasteiger partial charge in [-0.15, -0.1) is 0 Å². The van der Waals surface area contributed by atoms with Crippen LogP contribution in [0.25, 0.3) is 0 Å². The first-order valence-corrected chi connectivity index (χ1v) is 4.16. The molecule has 1 heterocycles. The molecule has 60 valence electrons. The van der Waals surface area contributed by atoms with Gasteiger partial charge >= 0.3 is 0 Å². The van der Waals surface area contributed by atoms with E-state index in [9.17, 15) is 0 Å². The second-order valence-electron chi connectivity index (χ2n) is 3.20. The normalized spacial score (nSPS) is 30.0. The molecule has 1 aliphatic rings. The molecule has 0 saturated carbocycles. The van der Waals surface area contributed by atoms with E-state index in [4.69, 9.17) is 10.5 Å².